The zero-order valence-electron chi connectivity index (χ0n) is 11.3. The Hall–Kier alpha value is -1.06. The molecule has 1 aliphatic rings. The van der Waals surface area contributed by atoms with Gasteiger partial charge in [0.1, 0.15) is 0 Å². The van der Waals surface area contributed by atoms with Crippen molar-refractivity contribution in [1.29, 1.82) is 0 Å². The molecule has 2 rings (SSSR count). The molecule has 0 bridgehead atoms. The highest BCUT2D eigenvalue weighted by atomic mass is 35.5. The lowest BCUT2D eigenvalue weighted by Gasteiger charge is -2.18. The maximum atomic E-state index is 12.2. The summed E-state index contributed by atoms with van der Waals surface area (Å²) < 4.78 is 0. The first-order valence-electron chi connectivity index (χ1n) is 6.67. The average Bonchev–Trinajstić information content (AvgIpc) is 3.16. The van der Waals surface area contributed by atoms with Crippen LogP contribution in [0.25, 0.3) is 0 Å². The molecule has 104 valence electrons. The Kier molecular flexibility index (Phi) is 4.48. The molecule has 1 N–H and O–H groups in total. The largest absolute Gasteiger partial charge is 0.393 e. The number of rotatable bonds is 5. The third-order valence-corrected chi connectivity index (χ3v) is 3.92. The van der Waals surface area contributed by atoms with Crippen LogP contribution in [0, 0.1) is 5.92 Å². The van der Waals surface area contributed by atoms with E-state index in [9.17, 15) is 9.90 Å². The van der Waals surface area contributed by atoms with Crippen molar-refractivity contribution in [2.45, 2.75) is 31.8 Å². The van der Waals surface area contributed by atoms with Gasteiger partial charge >= 0.3 is 0 Å². The minimum absolute atomic E-state index is 0.0974. The Morgan fingerprint density at radius 1 is 1.47 bits per heavy atom. The first-order chi connectivity index (χ1) is 8.99. The molecule has 0 aliphatic heterocycles. The van der Waals surface area contributed by atoms with Gasteiger partial charge in [-0.25, -0.2) is 0 Å². The van der Waals surface area contributed by atoms with E-state index in [1.807, 2.05) is 31.3 Å². The molecule has 1 aliphatic carbocycles. The number of benzene rings is 1. The highest BCUT2D eigenvalue weighted by Crippen LogP contribution is 2.48. The molecular weight excluding hydrogens is 262 g/mol. The maximum absolute atomic E-state index is 12.2. The number of nitrogens with zero attached hydrogens (tertiary/aromatic N) is 1. The molecule has 3 atom stereocenters. The van der Waals surface area contributed by atoms with E-state index in [1.54, 1.807) is 11.8 Å². The summed E-state index contributed by atoms with van der Waals surface area (Å²) in [5.41, 5.74) is 1.19. The monoisotopic (exact) mass is 281 g/mol. The second kappa shape index (κ2) is 5.93. The molecule has 19 heavy (non-hydrogen) atoms. The molecule has 1 aromatic carbocycles. The first kappa shape index (κ1) is 14.4. The molecule has 0 radical (unpaired) electrons. The number of carbonyl (C=O) groups excluding carboxylic acids is 1. The van der Waals surface area contributed by atoms with Crippen LogP contribution in [0.5, 0.6) is 0 Å². The summed E-state index contributed by atoms with van der Waals surface area (Å²) in [6, 6.07) is 7.73. The lowest BCUT2D eigenvalue weighted by Crippen LogP contribution is -2.31. The third-order valence-electron chi connectivity index (χ3n) is 3.66. The molecule has 0 saturated heterocycles. The van der Waals surface area contributed by atoms with E-state index in [-0.39, 0.29) is 17.9 Å². The fourth-order valence-electron chi connectivity index (χ4n) is 2.32. The fourth-order valence-corrected chi connectivity index (χ4v) is 2.45. The maximum Gasteiger partial charge on any atom is 0.226 e. The van der Waals surface area contributed by atoms with Gasteiger partial charge in [-0.15, -0.1) is 0 Å². The zero-order valence-corrected chi connectivity index (χ0v) is 12.1. The van der Waals surface area contributed by atoms with E-state index >= 15 is 0 Å². The third kappa shape index (κ3) is 3.71. The van der Waals surface area contributed by atoms with Crippen molar-refractivity contribution in [2.24, 2.45) is 5.92 Å². The molecule has 4 heteroatoms. The van der Waals surface area contributed by atoms with Crippen molar-refractivity contribution in [3.05, 3.63) is 34.9 Å². The van der Waals surface area contributed by atoms with Crippen molar-refractivity contribution in [3.63, 3.8) is 0 Å². The fraction of sp³-hybridized carbons (Fsp3) is 0.533. The Bertz CT molecular complexity index is 444. The van der Waals surface area contributed by atoms with Gasteiger partial charge in [-0.05, 0) is 43.4 Å². The molecular formula is C15H20ClNO2. The molecule has 0 aromatic heterocycles. The van der Waals surface area contributed by atoms with E-state index in [0.29, 0.717) is 18.9 Å². The number of amides is 1. The van der Waals surface area contributed by atoms with Crippen LogP contribution in [0.2, 0.25) is 5.02 Å². The van der Waals surface area contributed by atoms with Crippen molar-refractivity contribution in [1.82, 2.24) is 4.90 Å². The number of hydrogen-bond acceptors (Lipinski definition) is 2. The van der Waals surface area contributed by atoms with Crippen LogP contribution < -0.4 is 0 Å². The van der Waals surface area contributed by atoms with E-state index in [2.05, 4.69) is 0 Å². The lowest BCUT2D eigenvalue weighted by atomic mass is 10.1. The van der Waals surface area contributed by atoms with Crippen LogP contribution >= 0.6 is 11.6 Å². The quantitative estimate of drug-likeness (QED) is 0.901. The van der Waals surface area contributed by atoms with Gasteiger partial charge in [0.15, 0.2) is 0 Å². The number of hydrogen-bond donors (Lipinski definition) is 1. The van der Waals surface area contributed by atoms with Crippen LogP contribution in [-0.2, 0) is 4.79 Å². The molecule has 1 aromatic rings. The van der Waals surface area contributed by atoms with Gasteiger partial charge in [-0.1, -0.05) is 23.7 Å². The Morgan fingerprint density at radius 2 is 2.11 bits per heavy atom. The number of halogens is 1. The van der Waals surface area contributed by atoms with Crippen LogP contribution in [-0.4, -0.2) is 35.6 Å². The summed E-state index contributed by atoms with van der Waals surface area (Å²) in [6.07, 6.45) is 1.18. The van der Waals surface area contributed by atoms with Crippen molar-refractivity contribution in [2.75, 3.05) is 13.6 Å². The topological polar surface area (TPSA) is 40.5 Å². The van der Waals surface area contributed by atoms with Gasteiger partial charge in [-0.3, -0.25) is 4.79 Å². The molecule has 3 unspecified atom stereocenters. The molecule has 0 spiro atoms. The molecule has 1 fully saturated rings. The smallest absolute Gasteiger partial charge is 0.226 e. The molecule has 1 saturated carbocycles. The second-order valence-electron chi connectivity index (χ2n) is 5.40. The zero-order chi connectivity index (χ0) is 14.0. The highest BCUT2D eigenvalue weighted by molar-refractivity contribution is 6.30. The van der Waals surface area contributed by atoms with Gasteiger partial charge in [0.25, 0.3) is 0 Å². The minimum Gasteiger partial charge on any atom is -0.393 e. The van der Waals surface area contributed by atoms with Crippen molar-refractivity contribution < 1.29 is 9.90 Å². The van der Waals surface area contributed by atoms with Crippen LogP contribution in [0.4, 0.5) is 0 Å². The lowest BCUT2D eigenvalue weighted by molar-refractivity contribution is -0.131. The minimum atomic E-state index is -0.360. The van der Waals surface area contributed by atoms with Crippen LogP contribution in [0.15, 0.2) is 24.3 Å². The van der Waals surface area contributed by atoms with Gasteiger partial charge in [0, 0.05) is 24.5 Å². The highest BCUT2D eigenvalue weighted by Gasteiger charge is 2.44. The summed E-state index contributed by atoms with van der Waals surface area (Å²) in [4.78, 5) is 13.9. The van der Waals surface area contributed by atoms with Gasteiger partial charge in [-0.2, -0.15) is 0 Å². The van der Waals surface area contributed by atoms with Crippen LogP contribution in [0.1, 0.15) is 31.2 Å². The molecule has 1 amide bonds. The SMILES string of the molecule is CC(O)CCN(C)C(=O)C1CC1c1ccc(Cl)cc1. The summed E-state index contributed by atoms with van der Waals surface area (Å²) in [6.45, 7) is 2.35. The first-order valence-corrected chi connectivity index (χ1v) is 7.05. The predicted molar refractivity (Wildman–Crippen MR) is 76.2 cm³/mol. The summed E-state index contributed by atoms with van der Waals surface area (Å²) in [5.74, 6) is 0.611. The standard InChI is InChI=1S/C15H20ClNO2/c1-10(18)7-8-17(2)15(19)14-9-13(14)11-3-5-12(16)6-4-11/h3-6,10,13-14,18H,7-9H2,1-2H3. The Balaban J connectivity index is 1.88. The Labute approximate surface area is 119 Å². The summed E-state index contributed by atoms with van der Waals surface area (Å²) in [7, 11) is 1.81. The predicted octanol–water partition coefficient (Wildman–Crippen LogP) is 2.67. The molecule has 3 nitrogen and oxygen atoms in total. The van der Waals surface area contributed by atoms with Crippen molar-refractivity contribution >= 4 is 17.5 Å². The van der Waals surface area contributed by atoms with E-state index in [4.69, 9.17) is 11.6 Å². The molecule has 0 heterocycles. The average molecular weight is 282 g/mol. The summed E-state index contributed by atoms with van der Waals surface area (Å²) >= 11 is 5.86. The van der Waals surface area contributed by atoms with Gasteiger partial charge in [0.05, 0.1) is 6.10 Å². The van der Waals surface area contributed by atoms with Crippen LogP contribution in [0.3, 0.4) is 0 Å². The van der Waals surface area contributed by atoms with Gasteiger partial charge in [0.2, 0.25) is 5.91 Å². The van der Waals surface area contributed by atoms with Gasteiger partial charge < -0.3 is 10.0 Å². The normalized spacial score (nSPS) is 22.9. The van der Waals surface area contributed by atoms with E-state index < -0.39 is 0 Å². The number of carbonyl (C=O) groups is 1. The Morgan fingerprint density at radius 3 is 2.68 bits per heavy atom. The summed E-state index contributed by atoms with van der Waals surface area (Å²) in [5, 5.41) is 9.97. The van der Waals surface area contributed by atoms with E-state index in [1.165, 1.54) is 5.56 Å². The number of aliphatic hydroxyl groups excluding tert-OH is 1. The second-order valence-corrected chi connectivity index (χ2v) is 5.83. The van der Waals surface area contributed by atoms with Crippen molar-refractivity contribution in [3.8, 4) is 0 Å². The van der Waals surface area contributed by atoms with E-state index in [0.717, 1.165) is 11.4 Å². The number of aliphatic hydroxyl groups is 1.